The standard InChI is InChI=1S/C25H31ClFN5O2/c1-3-12-34-29-25(28)20-16-32(15-17-4-6-18(26)7-5-17)22-14-23(21(27)13-19(22)24(20)33)31-10-8-30(2)9-11-31/h4-7,13-14,16,25,29H,3,8-12,15,28H2,1-2H3. The number of hydroxylamine groups is 1. The van der Waals surface area contributed by atoms with Crippen LogP contribution in [-0.4, -0.2) is 49.3 Å². The highest BCUT2D eigenvalue weighted by atomic mass is 35.5. The van der Waals surface area contributed by atoms with Crippen LogP contribution in [0.2, 0.25) is 5.02 Å². The second-order valence-electron chi connectivity index (χ2n) is 8.72. The summed E-state index contributed by atoms with van der Waals surface area (Å²) in [5.41, 5.74) is 11.1. The number of aromatic nitrogens is 1. The van der Waals surface area contributed by atoms with Gasteiger partial charge in [0.2, 0.25) is 0 Å². The monoisotopic (exact) mass is 487 g/mol. The Morgan fingerprint density at radius 1 is 1.18 bits per heavy atom. The van der Waals surface area contributed by atoms with E-state index in [4.69, 9.17) is 22.2 Å². The van der Waals surface area contributed by atoms with Gasteiger partial charge in [-0.3, -0.25) is 9.63 Å². The number of nitrogens with two attached hydrogens (primary N) is 1. The van der Waals surface area contributed by atoms with Crippen molar-refractivity contribution < 1.29 is 9.23 Å². The number of likely N-dealkylation sites (N-methyl/N-ethyl adjacent to an activating group) is 1. The molecule has 4 rings (SSSR count). The molecular weight excluding hydrogens is 457 g/mol. The molecule has 1 aliphatic heterocycles. The summed E-state index contributed by atoms with van der Waals surface area (Å²) < 4.78 is 17.2. The predicted molar refractivity (Wildman–Crippen MR) is 135 cm³/mol. The number of nitrogens with one attached hydrogen (secondary N) is 1. The van der Waals surface area contributed by atoms with E-state index in [1.165, 1.54) is 6.07 Å². The second kappa shape index (κ2) is 10.8. The quantitative estimate of drug-likeness (QED) is 0.288. The minimum Gasteiger partial charge on any atom is -0.367 e. The Balaban J connectivity index is 1.81. The third kappa shape index (κ3) is 5.42. The molecule has 2 aromatic carbocycles. The molecule has 1 fully saturated rings. The molecule has 0 spiro atoms. The van der Waals surface area contributed by atoms with E-state index < -0.39 is 12.0 Å². The molecule has 0 aliphatic carbocycles. The molecule has 1 unspecified atom stereocenters. The van der Waals surface area contributed by atoms with Gasteiger partial charge in [0, 0.05) is 54.9 Å². The summed E-state index contributed by atoms with van der Waals surface area (Å²) in [5, 5.41) is 0.933. The molecule has 3 N–H and O–H groups in total. The minimum absolute atomic E-state index is 0.287. The van der Waals surface area contributed by atoms with Gasteiger partial charge in [-0.05, 0) is 43.3 Å². The highest BCUT2D eigenvalue weighted by molar-refractivity contribution is 6.30. The summed E-state index contributed by atoms with van der Waals surface area (Å²) >= 11 is 6.05. The Hall–Kier alpha value is -2.49. The van der Waals surface area contributed by atoms with Gasteiger partial charge in [-0.2, -0.15) is 5.48 Å². The lowest BCUT2D eigenvalue weighted by Crippen LogP contribution is -2.44. The first kappa shape index (κ1) is 24.6. The topological polar surface area (TPSA) is 75.8 Å². The molecule has 3 aromatic rings. The molecule has 1 aromatic heterocycles. The molecule has 2 heterocycles. The number of hydrogen-bond acceptors (Lipinski definition) is 6. The summed E-state index contributed by atoms with van der Waals surface area (Å²) in [6.07, 6.45) is 1.69. The van der Waals surface area contributed by atoms with Gasteiger partial charge in [-0.25, -0.2) is 4.39 Å². The lowest BCUT2D eigenvalue weighted by Gasteiger charge is -2.34. The van der Waals surface area contributed by atoms with Crippen LogP contribution in [0.3, 0.4) is 0 Å². The first-order valence-corrected chi connectivity index (χ1v) is 11.9. The summed E-state index contributed by atoms with van der Waals surface area (Å²) in [6, 6.07) is 10.6. The first-order valence-electron chi connectivity index (χ1n) is 11.5. The predicted octanol–water partition coefficient (Wildman–Crippen LogP) is 3.48. The fraction of sp³-hybridized carbons (Fsp3) is 0.400. The summed E-state index contributed by atoms with van der Waals surface area (Å²) in [4.78, 5) is 22.9. The average Bonchev–Trinajstić information content (AvgIpc) is 2.83. The Labute approximate surface area is 203 Å². The van der Waals surface area contributed by atoms with Crippen LogP contribution in [0, 0.1) is 5.82 Å². The van der Waals surface area contributed by atoms with Gasteiger partial charge in [0.15, 0.2) is 5.43 Å². The zero-order valence-electron chi connectivity index (χ0n) is 19.6. The Morgan fingerprint density at radius 3 is 2.56 bits per heavy atom. The smallest absolute Gasteiger partial charge is 0.195 e. The molecule has 7 nitrogen and oxygen atoms in total. The lowest BCUT2D eigenvalue weighted by atomic mass is 10.1. The number of hydrogen-bond donors (Lipinski definition) is 2. The van der Waals surface area contributed by atoms with Gasteiger partial charge in [0.1, 0.15) is 12.0 Å². The van der Waals surface area contributed by atoms with Crippen LogP contribution >= 0.6 is 11.6 Å². The summed E-state index contributed by atoms with van der Waals surface area (Å²) in [6.45, 7) is 6.06. The van der Waals surface area contributed by atoms with Crippen molar-refractivity contribution in [3.8, 4) is 0 Å². The summed E-state index contributed by atoms with van der Waals surface area (Å²) in [7, 11) is 2.06. The molecule has 0 saturated carbocycles. The normalized spacial score (nSPS) is 15.7. The highest BCUT2D eigenvalue weighted by Crippen LogP contribution is 2.27. The first-order chi connectivity index (χ1) is 16.4. The van der Waals surface area contributed by atoms with E-state index in [1.807, 2.05) is 40.7 Å². The van der Waals surface area contributed by atoms with Crippen LogP contribution in [0.5, 0.6) is 0 Å². The lowest BCUT2D eigenvalue weighted by molar-refractivity contribution is 0.0169. The zero-order valence-corrected chi connectivity index (χ0v) is 20.3. The largest absolute Gasteiger partial charge is 0.367 e. The number of fused-ring (bicyclic) bond motifs is 1. The molecule has 1 saturated heterocycles. The maximum Gasteiger partial charge on any atom is 0.195 e. The van der Waals surface area contributed by atoms with Gasteiger partial charge in [0.05, 0.1) is 17.8 Å². The molecule has 9 heteroatoms. The number of halogens is 2. The Morgan fingerprint density at radius 2 is 1.88 bits per heavy atom. The maximum absolute atomic E-state index is 15.3. The van der Waals surface area contributed by atoms with Gasteiger partial charge in [-0.1, -0.05) is 30.7 Å². The van der Waals surface area contributed by atoms with Crippen molar-refractivity contribution in [3.05, 3.63) is 74.8 Å². The van der Waals surface area contributed by atoms with E-state index in [0.29, 0.717) is 34.9 Å². The fourth-order valence-corrected chi connectivity index (χ4v) is 4.29. The van der Waals surface area contributed by atoms with Crippen LogP contribution < -0.4 is 21.5 Å². The molecule has 34 heavy (non-hydrogen) atoms. The van der Waals surface area contributed by atoms with Crippen LogP contribution in [0.1, 0.15) is 30.6 Å². The van der Waals surface area contributed by atoms with E-state index in [0.717, 1.165) is 38.2 Å². The molecule has 0 bridgehead atoms. The van der Waals surface area contributed by atoms with Gasteiger partial charge in [0.25, 0.3) is 0 Å². The molecule has 1 aliphatic rings. The molecule has 1 atom stereocenters. The van der Waals surface area contributed by atoms with Crippen LogP contribution in [0.4, 0.5) is 10.1 Å². The third-order valence-electron chi connectivity index (χ3n) is 6.14. The van der Waals surface area contributed by atoms with Crippen molar-refractivity contribution in [1.29, 1.82) is 0 Å². The molecule has 0 radical (unpaired) electrons. The van der Waals surface area contributed by atoms with Crippen LogP contribution in [0.15, 0.2) is 47.4 Å². The maximum atomic E-state index is 15.3. The molecule has 0 amide bonds. The number of benzene rings is 2. The van der Waals surface area contributed by atoms with Gasteiger partial charge >= 0.3 is 0 Å². The van der Waals surface area contributed by atoms with Gasteiger partial charge in [-0.15, -0.1) is 0 Å². The SMILES string of the molecule is CCCONC(N)c1cn(Cc2ccc(Cl)cc2)c2cc(N3CCN(C)CC3)c(F)cc2c1=O. The van der Waals surface area contributed by atoms with Crippen LogP contribution in [0.25, 0.3) is 10.9 Å². The van der Waals surface area contributed by atoms with E-state index in [9.17, 15) is 4.79 Å². The van der Waals surface area contributed by atoms with Crippen molar-refractivity contribution >= 4 is 28.2 Å². The van der Waals surface area contributed by atoms with Crippen molar-refractivity contribution in [3.63, 3.8) is 0 Å². The number of nitrogens with zero attached hydrogens (tertiary/aromatic N) is 3. The van der Waals surface area contributed by atoms with E-state index >= 15 is 4.39 Å². The number of pyridine rings is 1. The second-order valence-corrected chi connectivity index (χ2v) is 9.16. The van der Waals surface area contributed by atoms with Crippen molar-refractivity contribution in [2.75, 3.05) is 44.7 Å². The van der Waals surface area contributed by atoms with Crippen LogP contribution in [-0.2, 0) is 11.4 Å². The van der Waals surface area contributed by atoms with E-state index in [-0.39, 0.29) is 10.8 Å². The number of rotatable bonds is 8. The van der Waals surface area contributed by atoms with Crippen molar-refractivity contribution in [1.82, 2.24) is 14.9 Å². The average molecular weight is 488 g/mol. The summed E-state index contributed by atoms with van der Waals surface area (Å²) in [5.74, 6) is -0.409. The molecule has 182 valence electrons. The number of piperazine rings is 1. The van der Waals surface area contributed by atoms with Crippen molar-refractivity contribution in [2.24, 2.45) is 5.73 Å². The molecular formula is C25H31ClFN5O2. The minimum atomic E-state index is -0.847. The fourth-order valence-electron chi connectivity index (χ4n) is 4.16. The zero-order chi connectivity index (χ0) is 24.2. The Bertz CT molecular complexity index is 1190. The van der Waals surface area contributed by atoms with E-state index in [2.05, 4.69) is 17.4 Å². The van der Waals surface area contributed by atoms with Crippen molar-refractivity contribution in [2.45, 2.75) is 26.1 Å². The third-order valence-corrected chi connectivity index (χ3v) is 6.39. The van der Waals surface area contributed by atoms with Gasteiger partial charge < -0.3 is 20.1 Å². The number of anilines is 1. The van der Waals surface area contributed by atoms with E-state index in [1.54, 1.807) is 12.3 Å². The highest BCUT2D eigenvalue weighted by Gasteiger charge is 2.21. The Kier molecular flexibility index (Phi) is 7.85.